The minimum Gasteiger partial charge on any atom is -0.297 e. The van der Waals surface area contributed by atoms with E-state index < -0.39 is 0 Å². The van der Waals surface area contributed by atoms with Crippen LogP contribution < -0.4 is 0 Å². The number of hydrogen-bond acceptors (Lipinski definition) is 2. The molecule has 0 heterocycles. The molecule has 0 N–H and O–H groups in total. The highest BCUT2D eigenvalue weighted by Gasteiger charge is 2.40. The van der Waals surface area contributed by atoms with Gasteiger partial charge >= 0.3 is 0 Å². The maximum atomic E-state index is 12.9. The third-order valence-corrected chi connectivity index (χ3v) is 5.07. The van der Waals surface area contributed by atoms with Crippen molar-refractivity contribution in [1.82, 2.24) is 4.90 Å². The van der Waals surface area contributed by atoms with Gasteiger partial charge in [-0.15, -0.1) is 0 Å². The summed E-state index contributed by atoms with van der Waals surface area (Å²) in [6.45, 7) is 12.9. The van der Waals surface area contributed by atoms with E-state index in [9.17, 15) is 4.79 Å². The summed E-state index contributed by atoms with van der Waals surface area (Å²) in [7, 11) is 0. The van der Waals surface area contributed by atoms with Gasteiger partial charge in [-0.3, -0.25) is 9.69 Å². The van der Waals surface area contributed by atoms with Crippen molar-refractivity contribution in [3.8, 4) is 0 Å². The Morgan fingerprint density at radius 2 is 1.61 bits per heavy atom. The van der Waals surface area contributed by atoms with E-state index in [2.05, 4.69) is 39.5 Å². The number of nitrogens with zero attached hydrogens (tertiary/aromatic N) is 1. The Labute approximate surface area is 113 Å². The molecule has 1 unspecified atom stereocenters. The van der Waals surface area contributed by atoms with Gasteiger partial charge in [0.15, 0.2) is 5.78 Å². The predicted molar refractivity (Wildman–Crippen MR) is 77.7 cm³/mol. The average molecular weight is 253 g/mol. The van der Waals surface area contributed by atoms with Gasteiger partial charge in [0.1, 0.15) is 0 Å². The first-order chi connectivity index (χ1) is 8.49. The number of likely N-dealkylation sites (N-methyl/N-ethyl adjacent to an activating group) is 1. The Morgan fingerprint density at radius 1 is 1.11 bits per heavy atom. The molecule has 0 aliphatic heterocycles. The fourth-order valence-corrected chi connectivity index (χ4v) is 3.44. The molecule has 1 aliphatic carbocycles. The molecule has 106 valence electrons. The first-order valence-electron chi connectivity index (χ1n) is 7.78. The summed E-state index contributed by atoms with van der Waals surface area (Å²) in [5, 5.41) is 0. The van der Waals surface area contributed by atoms with Crippen LogP contribution in [0.1, 0.15) is 66.7 Å². The van der Waals surface area contributed by atoms with Crippen LogP contribution in [-0.2, 0) is 4.79 Å². The van der Waals surface area contributed by atoms with Crippen molar-refractivity contribution < 1.29 is 4.79 Å². The molecule has 2 nitrogen and oxygen atoms in total. The second kappa shape index (κ2) is 6.70. The Morgan fingerprint density at radius 3 is 2.00 bits per heavy atom. The van der Waals surface area contributed by atoms with Gasteiger partial charge in [-0.25, -0.2) is 0 Å². The van der Waals surface area contributed by atoms with Crippen LogP contribution >= 0.6 is 0 Å². The number of hydrogen-bond donors (Lipinski definition) is 0. The van der Waals surface area contributed by atoms with Gasteiger partial charge in [-0.1, -0.05) is 40.5 Å². The minimum atomic E-state index is -0.241. The highest BCUT2D eigenvalue weighted by molar-refractivity contribution is 5.90. The monoisotopic (exact) mass is 253 g/mol. The maximum Gasteiger partial charge on any atom is 0.155 e. The molecule has 0 aromatic rings. The normalized spacial score (nSPS) is 28.1. The van der Waals surface area contributed by atoms with E-state index in [1.165, 1.54) is 12.8 Å². The average Bonchev–Trinajstić information content (AvgIpc) is 2.39. The van der Waals surface area contributed by atoms with Gasteiger partial charge in [0.25, 0.3) is 0 Å². The van der Waals surface area contributed by atoms with Gasteiger partial charge in [0.05, 0.1) is 5.54 Å². The standard InChI is InChI=1S/C16H31NO/c1-6-16(5,17(7-2)8-3)15(18)14-11-9-13(4)10-12-14/h13-14H,6-12H2,1-5H3. The third-order valence-electron chi connectivity index (χ3n) is 5.07. The largest absolute Gasteiger partial charge is 0.297 e. The Kier molecular flexibility index (Phi) is 5.84. The zero-order valence-electron chi connectivity index (χ0n) is 13.0. The van der Waals surface area contributed by atoms with Crippen molar-refractivity contribution in [3.05, 3.63) is 0 Å². The maximum absolute atomic E-state index is 12.9. The molecular weight excluding hydrogens is 222 g/mol. The molecule has 2 heteroatoms. The molecule has 1 rings (SSSR count). The van der Waals surface area contributed by atoms with Gasteiger partial charge < -0.3 is 0 Å². The van der Waals surface area contributed by atoms with Crippen molar-refractivity contribution in [1.29, 1.82) is 0 Å². The molecule has 18 heavy (non-hydrogen) atoms. The number of Topliss-reactive ketones (excluding diaryl/α,β-unsaturated/α-hetero) is 1. The van der Waals surface area contributed by atoms with Gasteiger partial charge in [0, 0.05) is 5.92 Å². The third kappa shape index (κ3) is 3.14. The minimum absolute atomic E-state index is 0.241. The van der Waals surface area contributed by atoms with E-state index in [0.717, 1.165) is 38.3 Å². The summed E-state index contributed by atoms with van der Waals surface area (Å²) in [5.74, 6) is 1.63. The van der Waals surface area contributed by atoms with E-state index in [0.29, 0.717) is 11.7 Å². The Bertz CT molecular complexity index is 264. The van der Waals surface area contributed by atoms with Crippen LogP contribution in [0.5, 0.6) is 0 Å². The van der Waals surface area contributed by atoms with E-state index in [1.54, 1.807) is 0 Å². The molecule has 1 atom stereocenters. The van der Waals surface area contributed by atoms with E-state index in [4.69, 9.17) is 0 Å². The van der Waals surface area contributed by atoms with Gasteiger partial charge in [-0.05, 0) is 45.2 Å². The number of carbonyl (C=O) groups excluding carboxylic acids is 1. The van der Waals surface area contributed by atoms with E-state index >= 15 is 0 Å². The quantitative estimate of drug-likeness (QED) is 0.715. The molecule has 0 radical (unpaired) electrons. The molecule has 0 bridgehead atoms. The number of ketones is 1. The van der Waals surface area contributed by atoms with Gasteiger partial charge in [0.2, 0.25) is 0 Å². The summed E-state index contributed by atoms with van der Waals surface area (Å²) in [6, 6.07) is 0. The summed E-state index contributed by atoms with van der Waals surface area (Å²) in [6.07, 6.45) is 5.61. The first-order valence-corrected chi connectivity index (χ1v) is 7.78. The van der Waals surface area contributed by atoms with Crippen molar-refractivity contribution in [2.75, 3.05) is 13.1 Å². The fraction of sp³-hybridized carbons (Fsp3) is 0.938. The van der Waals surface area contributed by atoms with Crippen molar-refractivity contribution in [2.45, 2.75) is 72.3 Å². The highest BCUT2D eigenvalue weighted by Crippen LogP contribution is 2.34. The van der Waals surface area contributed by atoms with Crippen LogP contribution in [-0.4, -0.2) is 29.3 Å². The van der Waals surface area contributed by atoms with Crippen LogP contribution in [0, 0.1) is 11.8 Å². The second-order valence-electron chi connectivity index (χ2n) is 6.12. The Hall–Kier alpha value is -0.370. The molecule has 0 aromatic heterocycles. The van der Waals surface area contributed by atoms with Crippen LogP contribution in [0.3, 0.4) is 0 Å². The molecule has 0 aromatic carbocycles. The van der Waals surface area contributed by atoms with Crippen LogP contribution in [0.2, 0.25) is 0 Å². The summed E-state index contributed by atoms with van der Waals surface area (Å²) in [4.78, 5) is 15.2. The summed E-state index contributed by atoms with van der Waals surface area (Å²) >= 11 is 0. The lowest BCUT2D eigenvalue weighted by Crippen LogP contribution is -2.54. The molecule has 0 spiro atoms. The Balaban J connectivity index is 2.77. The number of rotatable bonds is 6. The second-order valence-corrected chi connectivity index (χ2v) is 6.12. The zero-order valence-corrected chi connectivity index (χ0v) is 13.0. The topological polar surface area (TPSA) is 20.3 Å². The van der Waals surface area contributed by atoms with Crippen LogP contribution in [0.15, 0.2) is 0 Å². The lowest BCUT2D eigenvalue weighted by molar-refractivity contribution is -0.136. The van der Waals surface area contributed by atoms with Crippen LogP contribution in [0.25, 0.3) is 0 Å². The van der Waals surface area contributed by atoms with E-state index in [-0.39, 0.29) is 5.54 Å². The fourth-order valence-electron chi connectivity index (χ4n) is 3.44. The van der Waals surface area contributed by atoms with Gasteiger partial charge in [-0.2, -0.15) is 0 Å². The van der Waals surface area contributed by atoms with Crippen molar-refractivity contribution >= 4 is 5.78 Å². The lowest BCUT2D eigenvalue weighted by atomic mass is 9.74. The smallest absolute Gasteiger partial charge is 0.155 e. The molecule has 0 saturated heterocycles. The number of carbonyl (C=O) groups is 1. The van der Waals surface area contributed by atoms with Crippen molar-refractivity contribution in [2.24, 2.45) is 11.8 Å². The molecule has 1 saturated carbocycles. The predicted octanol–water partition coefficient (Wildman–Crippen LogP) is 3.89. The van der Waals surface area contributed by atoms with Crippen LogP contribution in [0.4, 0.5) is 0 Å². The summed E-state index contributed by atoms with van der Waals surface area (Å²) in [5.41, 5.74) is -0.241. The van der Waals surface area contributed by atoms with E-state index in [1.807, 2.05) is 0 Å². The first kappa shape index (κ1) is 15.7. The highest BCUT2D eigenvalue weighted by atomic mass is 16.1. The molecule has 1 aliphatic rings. The molecule has 0 amide bonds. The zero-order chi connectivity index (χ0) is 13.8. The molecular formula is C16H31NO. The van der Waals surface area contributed by atoms with Crippen molar-refractivity contribution in [3.63, 3.8) is 0 Å². The lowest BCUT2D eigenvalue weighted by Gasteiger charge is -2.41. The molecule has 1 fully saturated rings. The SMILES string of the molecule is CCN(CC)C(C)(CC)C(=O)C1CCC(C)CC1. The summed E-state index contributed by atoms with van der Waals surface area (Å²) < 4.78 is 0.